The molecule has 9 nitrogen and oxygen atoms in total. The van der Waals surface area contributed by atoms with E-state index in [-0.39, 0.29) is 29.7 Å². The standard InChI is InChI=1S/C28H31ClFN5O4S/c1-16-11-34(12-16)14-24-32-33-25(38-24)19-9-22-23(10-20(19)30)40-15-21(31-27(37)39-28(2,3)4)26(36)35(22)13-17-5-7-18(29)8-6-17/h5-10,16,21H,11-15H2,1-4H3,(H,31,37)/t21-/m0/s1. The van der Waals surface area contributed by atoms with Crippen molar-refractivity contribution in [1.82, 2.24) is 20.4 Å². The van der Waals surface area contributed by atoms with Crippen LogP contribution in [0.2, 0.25) is 5.02 Å². The first-order valence-corrected chi connectivity index (χ1v) is 14.4. The topological polar surface area (TPSA) is 101 Å². The molecular formula is C28H31ClFN5O4S. The van der Waals surface area contributed by atoms with Crippen LogP contribution in [0.5, 0.6) is 0 Å². The Morgan fingerprint density at radius 2 is 1.93 bits per heavy atom. The summed E-state index contributed by atoms with van der Waals surface area (Å²) in [7, 11) is 0. The molecule has 1 N–H and O–H groups in total. The van der Waals surface area contributed by atoms with Crippen LogP contribution < -0.4 is 10.2 Å². The highest BCUT2D eigenvalue weighted by Crippen LogP contribution is 2.40. The molecule has 0 radical (unpaired) electrons. The number of carbonyl (C=O) groups excluding carboxylic acids is 2. The molecule has 2 aromatic carbocycles. The number of likely N-dealkylation sites (tertiary alicyclic amines) is 1. The molecule has 3 heterocycles. The van der Waals surface area contributed by atoms with Crippen molar-refractivity contribution in [1.29, 1.82) is 0 Å². The summed E-state index contributed by atoms with van der Waals surface area (Å²) in [5.74, 6) is 0.362. The van der Waals surface area contributed by atoms with E-state index in [0.29, 0.717) is 34.0 Å². The summed E-state index contributed by atoms with van der Waals surface area (Å²) in [6.45, 7) is 9.97. The van der Waals surface area contributed by atoms with Gasteiger partial charge in [0.05, 0.1) is 24.3 Å². The number of rotatable bonds is 6. The van der Waals surface area contributed by atoms with E-state index in [1.165, 1.54) is 22.7 Å². The minimum absolute atomic E-state index is 0.0421. The van der Waals surface area contributed by atoms with Crippen molar-refractivity contribution in [2.45, 2.75) is 57.3 Å². The van der Waals surface area contributed by atoms with Crippen molar-refractivity contribution in [3.63, 3.8) is 0 Å². The van der Waals surface area contributed by atoms with Gasteiger partial charge in [0.15, 0.2) is 0 Å². The number of ether oxygens (including phenoxy) is 1. The number of nitrogens with one attached hydrogen (secondary N) is 1. The molecule has 0 aliphatic carbocycles. The second kappa shape index (κ2) is 11.4. The quantitative estimate of drug-likeness (QED) is 0.403. The highest BCUT2D eigenvalue weighted by atomic mass is 35.5. The smallest absolute Gasteiger partial charge is 0.408 e. The van der Waals surface area contributed by atoms with Crippen molar-refractivity contribution in [2.75, 3.05) is 23.7 Å². The van der Waals surface area contributed by atoms with Crippen molar-refractivity contribution in [2.24, 2.45) is 5.92 Å². The van der Waals surface area contributed by atoms with E-state index in [0.717, 1.165) is 18.7 Å². The molecule has 1 atom stereocenters. The van der Waals surface area contributed by atoms with E-state index in [4.69, 9.17) is 20.8 Å². The van der Waals surface area contributed by atoms with Gasteiger partial charge in [0.1, 0.15) is 17.5 Å². The molecule has 40 heavy (non-hydrogen) atoms. The Balaban J connectivity index is 1.47. The Labute approximate surface area is 241 Å². The number of hydrogen-bond donors (Lipinski definition) is 1. The molecular weight excluding hydrogens is 557 g/mol. The summed E-state index contributed by atoms with van der Waals surface area (Å²) in [6.07, 6.45) is -0.703. The first kappa shape index (κ1) is 28.4. The average Bonchev–Trinajstić information content (AvgIpc) is 3.28. The normalized spacial score (nSPS) is 18.2. The third kappa shape index (κ3) is 6.59. The molecule has 1 saturated heterocycles. The van der Waals surface area contributed by atoms with Gasteiger partial charge in [-0.2, -0.15) is 0 Å². The van der Waals surface area contributed by atoms with E-state index in [1.807, 2.05) is 12.1 Å². The zero-order valence-corrected chi connectivity index (χ0v) is 24.3. The Morgan fingerprint density at radius 1 is 1.20 bits per heavy atom. The first-order valence-electron chi connectivity index (χ1n) is 13.0. The largest absolute Gasteiger partial charge is 0.444 e. The molecule has 12 heteroatoms. The monoisotopic (exact) mass is 587 g/mol. The Kier molecular flexibility index (Phi) is 8.08. The fourth-order valence-electron chi connectivity index (χ4n) is 4.65. The maximum atomic E-state index is 15.4. The molecule has 2 aliphatic heterocycles. The minimum Gasteiger partial charge on any atom is -0.444 e. The fourth-order valence-corrected chi connectivity index (χ4v) is 5.85. The third-order valence-corrected chi connectivity index (χ3v) is 7.84. The van der Waals surface area contributed by atoms with Crippen LogP contribution in [0.4, 0.5) is 14.9 Å². The van der Waals surface area contributed by atoms with Crippen molar-refractivity contribution in [3.05, 3.63) is 58.7 Å². The lowest BCUT2D eigenvalue weighted by Gasteiger charge is -2.35. The second-order valence-corrected chi connectivity index (χ2v) is 12.7. The Morgan fingerprint density at radius 3 is 2.60 bits per heavy atom. The predicted molar refractivity (Wildman–Crippen MR) is 151 cm³/mol. The van der Waals surface area contributed by atoms with Gasteiger partial charge in [0, 0.05) is 28.8 Å². The maximum Gasteiger partial charge on any atom is 0.408 e. The van der Waals surface area contributed by atoms with E-state index in [1.54, 1.807) is 39.0 Å². The van der Waals surface area contributed by atoms with Crippen molar-refractivity contribution >= 4 is 41.1 Å². The number of carbonyl (C=O) groups is 2. The van der Waals surface area contributed by atoms with E-state index < -0.39 is 23.6 Å². The molecule has 212 valence electrons. The lowest BCUT2D eigenvalue weighted by atomic mass is 10.0. The average molecular weight is 588 g/mol. The zero-order valence-electron chi connectivity index (χ0n) is 22.7. The molecule has 0 bridgehead atoms. The third-order valence-electron chi connectivity index (χ3n) is 6.45. The molecule has 3 aromatic rings. The summed E-state index contributed by atoms with van der Waals surface area (Å²) in [6, 6.07) is 9.13. The van der Waals surface area contributed by atoms with Gasteiger partial charge in [-0.25, -0.2) is 9.18 Å². The van der Waals surface area contributed by atoms with E-state index >= 15 is 4.39 Å². The predicted octanol–water partition coefficient (Wildman–Crippen LogP) is 5.51. The van der Waals surface area contributed by atoms with Gasteiger partial charge in [-0.1, -0.05) is 30.7 Å². The van der Waals surface area contributed by atoms with Crippen LogP contribution >= 0.6 is 23.4 Å². The van der Waals surface area contributed by atoms with Gasteiger partial charge in [-0.05, 0) is 56.5 Å². The molecule has 5 rings (SSSR count). The van der Waals surface area contributed by atoms with Crippen LogP contribution in [-0.4, -0.2) is 57.6 Å². The highest BCUT2D eigenvalue weighted by Gasteiger charge is 2.34. The van der Waals surface area contributed by atoms with E-state index in [9.17, 15) is 9.59 Å². The molecule has 1 fully saturated rings. The molecule has 2 amide bonds. The summed E-state index contributed by atoms with van der Waals surface area (Å²) in [5.41, 5.74) is 0.654. The number of fused-ring (bicyclic) bond motifs is 1. The van der Waals surface area contributed by atoms with Crippen LogP contribution in [0.3, 0.4) is 0 Å². The van der Waals surface area contributed by atoms with Gasteiger partial charge in [0.25, 0.3) is 11.8 Å². The van der Waals surface area contributed by atoms with E-state index in [2.05, 4.69) is 27.3 Å². The molecule has 0 saturated carbocycles. The lowest BCUT2D eigenvalue weighted by Crippen LogP contribution is -2.50. The summed E-state index contributed by atoms with van der Waals surface area (Å²) in [5, 5.41) is 11.5. The number of hydrogen-bond acceptors (Lipinski definition) is 8. The van der Waals surface area contributed by atoms with Crippen molar-refractivity contribution in [3.8, 4) is 11.5 Å². The number of anilines is 1. The van der Waals surface area contributed by atoms with Crippen LogP contribution in [0.15, 0.2) is 45.7 Å². The first-order chi connectivity index (χ1) is 18.9. The van der Waals surface area contributed by atoms with Gasteiger partial charge >= 0.3 is 6.09 Å². The van der Waals surface area contributed by atoms with Gasteiger partial charge in [-0.3, -0.25) is 9.69 Å². The number of halogens is 2. The number of benzene rings is 2. The Hall–Kier alpha value is -3.15. The number of nitrogens with zero attached hydrogens (tertiary/aromatic N) is 4. The minimum atomic E-state index is -0.903. The molecule has 2 aliphatic rings. The summed E-state index contributed by atoms with van der Waals surface area (Å²) in [4.78, 5) is 30.7. The SMILES string of the molecule is CC1CN(Cc2nnc(-c3cc4c(cc3F)SC[C@H](NC(=O)OC(C)(C)C)C(=O)N4Cc3ccc(Cl)cc3)o2)C1. The van der Waals surface area contributed by atoms with Crippen LogP contribution in [0.25, 0.3) is 11.5 Å². The highest BCUT2D eigenvalue weighted by molar-refractivity contribution is 7.99. The summed E-state index contributed by atoms with van der Waals surface area (Å²) < 4.78 is 26.6. The zero-order chi connectivity index (χ0) is 28.6. The summed E-state index contributed by atoms with van der Waals surface area (Å²) >= 11 is 7.34. The number of amides is 2. The number of alkyl carbamates (subject to hydrolysis) is 1. The van der Waals surface area contributed by atoms with Crippen LogP contribution in [-0.2, 0) is 22.6 Å². The fraction of sp³-hybridized carbons (Fsp3) is 0.429. The van der Waals surface area contributed by atoms with Crippen LogP contribution in [0.1, 0.15) is 39.1 Å². The van der Waals surface area contributed by atoms with Crippen molar-refractivity contribution < 1.29 is 23.1 Å². The molecule has 0 spiro atoms. The van der Waals surface area contributed by atoms with Gasteiger partial charge in [0.2, 0.25) is 5.89 Å². The molecule has 0 unspecified atom stereocenters. The lowest BCUT2D eigenvalue weighted by molar-refractivity contribution is -0.120. The molecule has 1 aromatic heterocycles. The second-order valence-electron chi connectivity index (χ2n) is 11.2. The number of aromatic nitrogens is 2. The number of thioether (sulfide) groups is 1. The Bertz CT molecular complexity index is 1400. The van der Waals surface area contributed by atoms with Gasteiger partial charge in [-0.15, -0.1) is 22.0 Å². The maximum absolute atomic E-state index is 15.4. The van der Waals surface area contributed by atoms with Crippen LogP contribution in [0, 0.1) is 11.7 Å². The van der Waals surface area contributed by atoms with Gasteiger partial charge < -0.3 is 19.4 Å².